The molecule has 5 heterocycles. The van der Waals surface area contributed by atoms with Crippen LogP contribution in [0.5, 0.6) is 0 Å². The lowest BCUT2D eigenvalue weighted by Crippen LogP contribution is -2.77. The minimum absolute atomic E-state index is 0.00971. The molecule has 8 unspecified atom stereocenters. The molecule has 6 aliphatic rings. The summed E-state index contributed by atoms with van der Waals surface area (Å²) in [6.45, 7) is 21.2. The SMILES string of the molecule is CC[C@H]1OC(=O)[C@H](C)[C@@H](OC2CC(C)(OC)C(O)C(C)O2)[C@H](C)[C@@H](OC2OC(C)CC(C)C2O)[C@](C)(O)C[C@@H](C)[C@H](NCCNC(=O)CCCN(C)[C@@H]2[C@H](O)[C@H](NC)[C@H]3O[C@@]4(O)C(=O)C[C@@H](C)O[C@H]4O[C@@H]3[C@H]2O)[C@H](C)[C@@H](O)[C@]1(C)O. The molecule has 0 radical (unpaired) electrons. The van der Waals surface area contributed by atoms with Gasteiger partial charge in [-0.3, -0.25) is 19.3 Å². The molecule has 24 nitrogen and oxygen atoms in total. The number of carbonyl (C=O) groups excluding carboxylic acids is 3. The maximum atomic E-state index is 14.5. The molecule has 0 bridgehead atoms. The van der Waals surface area contributed by atoms with Gasteiger partial charge in [0.1, 0.15) is 42.2 Å². The number of esters is 1. The van der Waals surface area contributed by atoms with Gasteiger partial charge in [0.25, 0.3) is 5.79 Å². The van der Waals surface area contributed by atoms with Crippen molar-refractivity contribution in [2.75, 3.05) is 40.8 Å². The number of fused-ring (bicyclic) bond motifs is 2. The number of rotatable bonds is 16. The van der Waals surface area contributed by atoms with Crippen LogP contribution in [-0.4, -0.2) is 243 Å². The van der Waals surface area contributed by atoms with E-state index in [9.17, 15) is 55.2 Å². The lowest BCUT2D eigenvalue weighted by molar-refractivity contribution is -0.421. The van der Waals surface area contributed by atoms with Gasteiger partial charge in [-0.25, -0.2) is 0 Å². The fraction of sp³-hybridized carbons (Fsp3) is 0.946. The molecule has 5 saturated heterocycles. The van der Waals surface area contributed by atoms with E-state index in [1.165, 1.54) is 14.0 Å². The third-order valence-corrected chi connectivity index (χ3v) is 18.6. The van der Waals surface area contributed by atoms with Gasteiger partial charge in [-0.05, 0) is 107 Å². The normalized spacial score (nSPS) is 49.0. The van der Waals surface area contributed by atoms with Crippen LogP contribution in [0.25, 0.3) is 0 Å². The third kappa shape index (κ3) is 14.2. The van der Waals surface area contributed by atoms with Crippen molar-refractivity contribution in [1.82, 2.24) is 20.9 Å². The first kappa shape index (κ1) is 67.0. The van der Waals surface area contributed by atoms with Crippen LogP contribution in [0.4, 0.5) is 0 Å². The molecule has 1 aliphatic carbocycles. The smallest absolute Gasteiger partial charge is 0.311 e. The number of ether oxygens (including phenoxy) is 9. The van der Waals surface area contributed by atoms with Crippen LogP contribution >= 0.6 is 0 Å². The van der Waals surface area contributed by atoms with E-state index in [0.29, 0.717) is 12.8 Å². The Morgan fingerprint density at radius 1 is 0.787 bits per heavy atom. The van der Waals surface area contributed by atoms with Gasteiger partial charge >= 0.3 is 5.97 Å². The average molecular weight is 1150 g/mol. The zero-order valence-corrected chi connectivity index (χ0v) is 49.9. The number of aliphatic hydroxyl groups excluding tert-OH is 5. The molecular weight excluding hydrogens is 1050 g/mol. The van der Waals surface area contributed by atoms with Gasteiger partial charge in [0, 0.05) is 57.3 Å². The van der Waals surface area contributed by atoms with E-state index in [-0.39, 0.29) is 69.7 Å². The number of ketones is 1. The molecule has 80 heavy (non-hydrogen) atoms. The molecule has 6 rings (SSSR count). The van der Waals surface area contributed by atoms with E-state index >= 15 is 0 Å². The molecule has 28 atom stereocenters. The first-order chi connectivity index (χ1) is 37.3. The number of likely N-dealkylation sites (N-methyl/N-ethyl adjacent to an activating group) is 2. The second kappa shape index (κ2) is 27.0. The number of aliphatic hydroxyl groups is 8. The summed E-state index contributed by atoms with van der Waals surface area (Å²) in [4.78, 5) is 42.5. The Kier molecular flexibility index (Phi) is 22.6. The van der Waals surface area contributed by atoms with Gasteiger partial charge in [-0.1, -0.05) is 34.6 Å². The molecule has 6 fully saturated rings. The minimum atomic E-state index is -2.40. The van der Waals surface area contributed by atoms with E-state index in [1.807, 2.05) is 20.8 Å². The van der Waals surface area contributed by atoms with E-state index in [2.05, 4.69) is 16.0 Å². The maximum Gasteiger partial charge on any atom is 0.311 e. The lowest BCUT2D eigenvalue weighted by Gasteiger charge is -2.56. The Balaban J connectivity index is 1.18. The van der Waals surface area contributed by atoms with E-state index in [1.54, 1.807) is 74.4 Å². The quantitative estimate of drug-likeness (QED) is 0.0691. The van der Waals surface area contributed by atoms with Crippen LogP contribution < -0.4 is 16.0 Å². The van der Waals surface area contributed by atoms with Gasteiger partial charge in [0.2, 0.25) is 12.2 Å². The van der Waals surface area contributed by atoms with Crippen LogP contribution in [0, 0.1) is 29.6 Å². The van der Waals surface area contributed by atoms with Gasteiger partial charge in [0.05, 0.1) is 71.9 Å². The average Bonchev–Trinajstić information content (AvgIpc) is 3.51. The largest absolute Gasteiger partial charge is 0.459 e. The second-order valence-corrected chi connectivity index (χ2v) is 25.1. The highest BCUT2D eigenvalue weighted by molar-refractivity contribution is 5.87. The first-order valence-electron chi connectivity index (χ1n) is 29.1. The summed E-state index contributed by atoms with van der Waals surface area (Å²) in [6, 6.07) is -2.43. The highest BCUT2D eigenvalue weighted by Gasteiger charge is 2.64. The van der Waals surface area contributed by atoms with Crippen molar-refractivity contribution in [2.45, 2.75) is 267 Å². The van der Waals surface area contributed by atoms with Gasteiger partial charge in [-0.15, -0.1) is 0 Å². The molecule has 5 aliphatic heterocycles. The van der Waals surface area contributed by atoms with Crippen LogP contribution in [0.3, 0.4) is 0 Å². The number of cyclic esters (lactones) is 1. The minimum Gasteiger partial charge on any atom is -0.459 e. The number of hydrogen-bond donors (Lipinski definition) is 11. The van der Waals surface area contributed by atoms with Crippen LogP contribution in [-0.2, 0) is 57.0 Å². The second-order valence-electron chi connectivity index (χ2n) is 25.1. The summed E-state index contributed by atoms with van der Waals surface area (Å²) in [5, 5.41) is 104. The lowest BCUT2D eigenvalue weighted by atomic mass is 9.72. The van der Waals surface area contributed by atoms with Gasteiger partial charge in [-0.2, -0.15) is 0 Å². The molecule has 0 spiro atoms. The molecule has 1 amide bonds. The zero-order chi connectivity index (χ0) is 59.7. The Morgan fingerprint density at radius 3 is 2.10 bits per heavy atom. The van der Waals surface area contributed by atoms with E-state index in [0.717, 1.165) is 0 Å². The third-order valence-electron chi connectivity index (χ3n) is 18.6. The maximum absolute atomic E-state index is 14.5. The van der Waals surface area contributed by atoms with E-state index in [4.69, 9.17) is 42.6 Å². The fourth-order valence-electron chi connectivity index (χ4n) is 13.8. The van der Waals surface area contributed by atoms with E-state index < -0.39 is 168 Å². The number of methoxy groups -OCH3 is 1. The Bertz CT molecular complexity index is 2050. The van der Waals surface area contributed by atoms with Crippen LogP contribution in [0.1, 0.15) is 128 Å². The van der Waals surface area contributed by atoms with Crippen LogP contribution in [0.2, 0.25) is 0 Å². The van der Waals surface area contributed by atoms with Crippen LogP contribution in [0.15, 0.2) is 0 Å². The number of nitrogens with one attached hydrogen (secondary N) is 3. The topological polar surface area (TPSA) is 335 Å². The molecule has 0 aromatic rings. The first-order valence-corrected chi connectivity index (χ1v) is 29.1. The van der Waals surface area contributed by atoms with Gasteiger partial charge < -0.3 is 99.4 Å². The Hall–Kier alpha value is -2.15. The summed E-state index contributed by atoms with van der Waals surface area (Å²) in [5.74, 6) is -7.51. The summed E-state index contributed by atoms with van der Waals surface area (Å²) in [7, 11) is 4.76. The van der Waals surface area contributed by atoms with Crippen molar-refractivity contribution in [1.29, 1.82) is 0 Å². The molecule has 464 valence electrons. The number of amides is 1. The van der Waals surface area contributed by atoms with Crippen molar-refractivity contribution < 1.29 is 97.9 Å². The molecular formula is C56H100N4O20. The highest BCUT2D eigenvalue weighted by atomic mass is 16.8. The monoisotopic (exact) mass is 1150 g/mol. The van der Waals surface area contributed by atoms with Crippen molar-refractivity contribution in [3.05, 3.63) is 0 Å². The summed E-state index contributed by atoms with van der Waals surface area (Å²) in [5.41, 5.74) is -4.86. The van der Waals surface area contributed by atoms with Crippen molar-refractivity contribution in [2.24, 2.45) is 29.6 Å². The molecule has 0 aromatic heterocycles. The zero-order valence-electron chi connectivity index (χ0n) is 49.9. The number of Topliss-reactive ketones (excluding diaryl/α,β-unsaturated/α-hetero) is 1. The molecule has 24 heteroatoms. The molecule has 11 N–H and O–H groups in total. The fourth-order valence-corrected chi connectivity index (χ4v) is 13.8. The van der Waals surface area contributed by atoms with Crippen molar-refractivity contribution in [3.8, 4) is 0 Å². The highest BCUT2D eigenvalue weighted by Crippen LogP contribution is 2.44. The number of nitrogens with zero attached hydrogens (tertiary/aromatic N) is 1. The summed E-state index contributed by atoms with van der Waals surface area (Å²) in [6.07, 6.45) is -16.1. The standard InChI is InChI=1S/C56H100N4O20/c1-16-35-55(12,70)47(66)30(6)38(59-20-19-58-36(62)18-17-21-60(14)40-42(64)39(57-13)45-46(43(40)65)78-52-56(71,80-45)34(61)23-29(5)74-52)27(3)24-53(10,69)49(79-51-41(63)26(2)22-28(4)73-51)31(7)44(32(8)50(68)76-35)77-37-25-54(11,72-15)48(67)33(9)75-37/h26-33,35,37-49,51-52,57,59,63-67,69-71H,16-25H2,1-15H3,(H,58,62)/t26?,27-,28?,29-,30+,31+,32-,33?,35-,37?,38+,39+,40-,41?,42-,43+,44+,45-,46-,47-,48?,49-,51?,52+,53-,54?,55-,56+/m1/s1. The Labute approximate surface area is 472 Å². The number of carbonyl (C=O) groups is 3. The predicted molar refractivity (Wildman–Crippen MR) is 287 cm³/mol. The van der Waals surface area contributed by atoms with Crippen molar-refractivity contribution >= 4 is 17.7 Å². The Morgan fingerprint density at radius 2 is 1.46 bits per heavy atom. The molecule has 1 saturated carbocycles. The summed E-state index contributed by atoms with van der Waals surface area (Å²) < 4.78 is 55.5. The van der Waals surface area contributed by atoms with Crippen molar-refractivity contribution in [3.63, 3.8) is 0 Å². The predicted octanol–water partition coefficient (Wildman–Crippen LogP) is -0.423. The van der Waals surface area contributed by atoms with Gasteiger partial charge in [0.15, 0.2) is 18.4 Å². The molecule has 0 aromatic carbocycles. The number of hydrogen-bond acceptors (Lipinski definition) is 23. The summed E-state index contributed by atoms with van der Waals surface area (Å²) >= 11 is 0.